The van der Waals surface area contributed by atoms with Crippen LogP contribution in [0.3, 0.4) is 0 Å². The van der Waals surface area contributed by atoms with E-state index in [-0.39, 0.29) is 0 Å². The quantitative estimate of drug-likeness (QED) is 0.610. The van der Waals surface area contributed by atoms with Crippen molar-refractivity contribution in [3.63, 3.8) is 0 Å². The van der Waals surface area contributed by atoms with Gasteiger partial charge in [-0.05, 0) is 50.1 Å². The maximum absolute atomic E-state index is 3.64. The zero-order valence-electron chi connectivity index (χ0n) is 12.3. The van der Waals surface area contributed by atoms with Gasteiger partial charge in [-0.2, -0.15) is 0 Å². The Kier molecular flexibility index (Phi) is 7.92. The molecule has 1 rings (SSSR count). The highest BCUT2D eigenvalue weighted by Gasteiger charge is 2.27. The lowest BCUT2D eigenvalue weighted by Crippen LogP contribution is -2.33. The van der Waals surface area contributed by atoms with Crippen molar-refractivity contribution >= 4 is 0 Å². The Hall–Kier alpha value is -0.0400. The molecular weight excluding hydrogens is 206 g/mol. The highest BCUT2D eigenvalue weighted by Crippen LogP contribution is 2.36. The Morgan fingerprint density at radius 1 is 1.00 bits per heavy atom. The van der Waals surface area contributed by atoms with E-state index in [0.717, 1.165) is 17.8 Å². The average Bonchev–Trinajstić information content (AvgIpc) is 2.32. The number of unbranched alkanes of at least 4 members (excludes halogenated alkanes) is 2. The van der Waals surface area contributed by atoms with Crippen LogP contribution in [0.25, 0.3) is 0 Å². The summed E-state index contributed by atoms with van der Waals surface area (Å²) in [4.78, 5) is 0. The van der Waals surface area contributed by atoms with E-state index in [1.54, 1.807) is 0 Å². The highest BCUT2D eigenvalue weighted by atomic mass is 14.9. The molecule has 0 heterocycles. The van der Waals surface area contributed by atoms with Gasteiger partial charge in [0.1, 0.15) is 0 Å². The molecule has 3 atom stereocenters. The standard InChI is InChI=1S/C16H33N/c1-4-6-7-8-15-12-14(3)9-10-16(15)13-17-11-5-2/h14-17H,4-13H2,1-3H3. The van der Waals surface area contributed by atoms with Gasteiger partial charge in [0.2, 0.25) is 0 Å². The molecular formula is C16H33N. The first kappa shape index (κ1) is 15.0. The molecule has 3 unspecified atom stereocenters. The Bertz CT molecular complexity index is 178. The fraction of sp³-hybridized carbons (Fsp3) is 1.00. The van der Waals surface area contributed by atoms with Crippen molar-refractivity contribution < 1.29 is 0 Å². The van der Waals surface area contributed by atoms with Gasteiger partial charge >= 0.3 is 0 Å². The van der Waals surface area contributed by atoms with Gasteiger partial charge in [0, 0.05) is 0 Å². The van der Waals surface area contributed by atoms with Gasteiger partial charge in [0.15, 0.2) is 0 Å². The number of hydrogen-bond acceptors (Lipinski definition) is 1. The van der Waals surface area contributed by atoms with E-state index in [1.807, 2.05) is 0 Å². The number of nitrogens with one attached hydrogen (secondary N) is 1. The van der Waals surface area contributed by atoms with Gasteiger partial charge in [-0.3, -0.25) is 0 Å². The molecule has 1 aliphatic rings. The summed E-state index contributed by atoms with van der Waals surface area (Å²) in [5, 5.41) is 3.64. The van der Waals surface area contributed by atoms with E-state index in [2.05, 4.69) is 26.1 Å². The van der Waals surface area contributed by atoms with Crippen LogP contribution in [0.5, 0.6) is 0 Å². The van der Waals surface area contributed by atoms with Gasteiger partial charge in [0.05, 0.1) is 0 Å². The summed E-state index contributed by atoms with van der Waals surface area (Å²) in [5.74, 6) is 2.95. The molecule has 0 spiro atoms. The molecule has 1 aliphatic carbocycles. The molecule has 0 aromatic rings. The normalized spacial score (nSPS) is 29.5. The van der Waals surface area contributed by atoms with Crippen molar-refractivity contribution in [1.82, 2.24) is 5.32 Å². The fourth-order valence-corrected chi connectivity index (χ4v) is 3.30. The summed E-state index contributed by atoms with van der Waals surface area (Å²) in [6.45, 7) is 9.49. The minimum absolute atomic E-state index is 0.967. The van der Waals surface area contributed by atoms with E-state index in [9.17, 15) is 0 Å². The van der Waals surface area contributed by atoms with Crippen molar-refractivity contribution in [3.05, 3.63) is 0 Å². The lowest BCUT2D eigenvalue weighted by atomic mass is 9.72. The second-order valence-electron chi connectivity index (χ2n) is 6.14. The predicted molar refractivity (Wildman–Crippen MR) is 77.3 cm³/mol. The summed E-state index contributed by atoms with van der Waals surface area (Å²) in [6.07, 6.45) is 11.4. The fourth-order valence-electron chi connectivity index (χ4n) is 3.30. The Balaban J connectivity index is 2.29. The molecule has 0 radical (unpaired) electrons. The van der Waals surface area contributed by atoms with Crippen molar-refractivity contribution in [1.29, 1.82) is 0 Å². The van der Waals surface area contributed by atoms with Crippen LogP contribution in [0, 0.1) is 17.8 Å². The smallest absolute Gasteiger partial charge is 0.00179 e. The zero-order valence-corrected chi connectivity index (χ0v) is 12.3. The summed E-state index contributed by atoms with van der Waals surface area (Å²) in [5.41, 5.74) is 0. The van der Waals surface area contributed by atoms with Crippen molar-refractivity contribution in [2.24, 2.45) is 17.8 Å². The Morgan fingerprint density at radius 2 is 1.82 bits per heavy atom. The minimum atomic E-state index is 0.967. The third-order valence-corrected chi connectivity index (χ3v) is 4.41. The summed E-state index contributed by atoms with van der Waals surface area (Å²) in [6, 6.07) is 0. The van der Waals surface area contributed by atoms with Crippen LogP contribution in [0.1, 0.15) is 72.1 Å². The maximum Gasteiger partial charge on any atom is -0.00179 e. The van der Waals surface area contributed by atoms with Crippen LogP contribution < -0.4 is 5.32 Å². The second kappa shape index (κ2) is 8.97. The zero-order chi connectivity index (χ0) is 12.5. The second-order valence-corrected chi connectivity index (χ2v) is 6.14. The molecule has 0 aliphatic heterocycles. The minimum Gasteiger partial charge on any atom is -0.316 e. The summed E-state index contributed by atoms with van der Waals surface area (Å²) in [7, 11) is 0. The summed E-state index contributed by atoms with van der Waals surface area (Å²) < 4.78 is 0. The lowest BCUT2D eigenvalue weighted by molar-refractivity contribution is 0.171. The van der Waals surface area contributed by atoms with Gasteiger partial charge in [-0.1, -0.05) is 52.9 Å². The SMILES string of the molecule is CCCCCC1CC(C)CCC1CNCCC. The maximum atomic E-state index is 3.64. The molecule has 0 bridgehead atoms. The van der Waals surface area contributed by atoms with Gasteiger partial charge in [-0.25, -0.2) is 0 Å². The van der Waals surface area contributed by atoms with E-state index in [4.69, 9.17) is 0 Å². The van der Waals surface area contributed by atoms with Gasteiger partial charge in [-0.15, -0.1) is 0 Å². The molecule has 0 aromatic carbocycles. The van der Waals surface area contributed by atoms with Crippen molar-refractivity contribution in [3.8, 4) is 0 Å². The monoisotopic (exact) mass is 239 g/mol. The van der Waals surface area contributed by atoms with E-state index in [1.165, 1.54) is 64.5 Å². The summed E-state index contributed by atoms with van der Waals surface area (Å²) >= 11 is 0. The lowest BCUT2D eigenvalue weighted by Gasteiger charge is -2.35. The molecule has 1 fully saturated rings. The number of hydrogen-bond donors (Lipinski definition) is 1. The molecule has 0 aromatic heterocycles. The first-order chi connectivity index (χ1) is 8.27. The van der Waals surface area contributed by atoms with Crippen LogP contribution in [-0.2, 0) is 0 Å². The van der Waals surface area contributed by atoms with Gasteiger partial charge < -0.3 is 5.32 Å². The van der Waals surface area contributed by atoms with E-state index < -0.39 is 0 Å². The van der Waals surface area contributed by atoms with Crippen LogP contribution >= 0.6 is 0 Å². The van der Waals surface area contributed by atoms with E-state index >= 15 is 0 Å². The molecule has 0 amide bonds. The predicted octanol–water partition coefficient (Wildman–Crippen LogP) is 4.62. The first-order valence-electron chi connectivity index (χ1n) is 7.98. The van der Waals surface area contributed by atoms with Crippen LogP contribution in [-0.4, -0.2) is 13.1 Å². The molecule has 17 heavy (non-hydrogen) atoms. The van der Waals surface area contributed by atoms with Crippen LogP contribution in [0.4, 0.5) is 0 Å². The van der Waals surface area contributed by atoms with Gasteiger partial charge in [0.25, 0.3) is 0 Å². The highest BCUT2D eigenvalue weighted by molar-refractivity contribution is 4.80. The topological polar surface area (TPSA) is 12.0 Å². The number of rotatable bonds is 8. The third kappa shape index (κ3) is 5.90. The Morgan fingerprint density at radius 3 is 2.53 bits per heavy atom. The molecule has 102 valence electrons. The molecule has 1 heteroatoms. The van der Waals surface area contributed by atoms with Crippen LogP contribution in [0.15, 0.2) is 0 Å². The largest absolute Gasteiger partial charge is 0.316 e. The van der Waals surface area contributed by atoms with Crippen molar-refractivity contribution in [2.75, 3.05) is 13.1 Å². The Labute approximate surface area is 109 Å². The van der Waals surface area contributed by atoms with Crippen molar-refractivity contribution in [2.45, 2.75) is 72.1 Å². The molecule has 1 N–H and O–H groups in total. The first-order valence-corrected chi connectivity index (χ1v) is 7.98. The average molecular weight is 239 g/mol. The third-order valence-electron chi connectivity index (χ3n) is 4.41. The van der Waals surface area contributed by atoms with Crippen LogP contribution in [0.2, 0.25) is 0 Å². The molecule has 0 saturated heterocycles. The molecule has 1 nitrogen and oxygen atoms in total. The molecule has 1 saturated carbocycles. The van der Waals surface area contributed by atoms with E-state index in [0.29, 0.717) is 0 Å².